The molecule has 5 heteroatoms. The largest absolute Gasteiger partial charge is 0.465 e. The van der Waals surface area contributed by atoms with Gasteiger partial charge in [-0.25, -0.2) is 9.97 Å². The number of anilines is 2. The highest BCUT2D eigenvalue weighted by atomic mass is 79.9. The first kappa shape index (κ1) is 15.6. The van der Waals surface area contributed by atoms with Crippen LogP contribution in [0.3, 0.4) is 0 Å². The Kier molecular flexibility index (Phi) is 4.31. The van der Waals surface area contributed by atoms with Gasteiger partial charge in [0.25, 0.3) is 0 Å². The quantitative estimate of drug-likeness (QED) is 0.470. The molecule has 4 nitrogen and oxygen atoms in total. The van der Waals surface area contributed by atoms with Crippen molar-refractivity contribution in [2.75, 3.05) is 5.32 Å². The normalized spacial score (nSPS) is 11.2. The van der Waals surface area contributed by atoms with Gasteiger partial charge < -0.3 is 9.73 Å². The topological polar surface area (TPSA) is 51.0 Å². The highest BCUT2D eigenvalue weighted by Gasteiger charge is 2.01. The van der Waals surface area contributed by atoms with E-state index in [1.54, 1.807) is 6.26 Å². The van der Waals surface area contributed by atoms with Crippen molar-refractivity contribution in [2.45, 2.75) is 0 Å². The molecule has 4 rings (SSSR count). The van der Waals surface area contributed by atoms with Crippen LogP contribution in [-0.2, 0) is 0 Å². The predicted octanol–water partition coefficient (Wildman–Crippen LogP) is 5.90. The number of hydrogen-bond acceptors (Lipinski definition) is 4. The van der Waals surface area contributed by atoms with Crippen LogP contribution in [0.25, 0.3) is 23.1 Å². The molecule has 0 fully saturated rings. The SMILES string of the molecule is Brc1ccc2nc(Nc3ccc(/C=C/c4ccco4)cc3)ncc2c1. The summed E-state index contributed by atoms with van der Waals surface area (Å²) >= 11 is 3.45. The van der Waals surface area contributed by atoms with Gasteiger partial charge in [0.2, 0.25) is 5.95 Å². The number of nitrogens with zero attached hydrogens (tertiary/aromatic N) is 2. The smallest absolute Gasteiger partial charge is 0.227 e. The van der Waals surface area contributed by atoms with E-state index in [0.717, 1.165) is 32.4 Å². The second-order valence-electron chi connectivity index (χ2n) is 5.49. The number of rotatable bonds is 4. The minimum atomic E-state index is 0.578. The summed E-state index contributed by atoms with van der Waals surface area (Å²) in [5, 5.41) is 4.23. The van der Waals surface area contributed by atoms with Crippen LogP contribution in [0.4, 0.5) is 11.6 Å². The molecule has 0 unspecified atom stereocenters. The summed E-state index contributed by atoms with van der Waals surface area (Å²) in [6.07, 6.45) is 7.42. The van der Waals surface area contributed by atoms with E-state index >= 15 is 0 Å². The van der Waals surface area contributed by atoms with E-state index in [4.69, 9.17) is 4.42 Å². The molecule has 4 aromatic rings. The van der Waals surface area contributed by atoms with E-state index in [9.17, 15) is 0 Å². The van der Waals surface area contributed by atoms with E-state index in [-0.39, 0.29) is 0 Å². The molecular formula is C20H14BrN3O. The van der Waals surface area contributed by atoms with Crippen LogP contribution in [0.15, 0.2) is 75.9 Å². The monoisotopic (exact) mass is 391 g/mol. The maximum absolute atomic E-state index is 5.28. The van der Waals surface area contributed by atoms with Crippen LogP contribution in [-0.4, -0.2) is 9.97 Å². The first-order chi connectivity index (χ1) is 12.3. The third-order valence-electron chi connectivity index (χ3n) is 3.69. The number of aromatic nitrogens is 2. The summed E-state index contributed by atoms with van der Waals surface area (Å²) in [6.45, 7) is 0. The van der Waals surface area contributed by atoms with Crippen molar-refractivity contribution in [1.29, 1.82) is 0 Å². The van der Waals surface area contributed by atoms with Crippen molar-refractivity contribution < 1.29 is 4.42 Å². The Bertz CT molecular complexity index is 1020. The highest BCUT2D eigenvalue weighted by molar-refractivity contribution is 9.10. The zero-order valence-corrected chi connectivity index (χ0v) is 14.8. The van der Waals surface area contributed by atoms with Gasteiger partial charge in [0.1, 0.15) is 5.76 Å². The lowest BCUT2D eigenvalue weighted by atomic mass is 10.2. The molecule has 0 saturated heterocycles. The molecule has 2 aromatic heterocycles. The molecule has 122 valence electrons. The lowest BCUT2D eigenvalue weighted by molar-refractivity contribution is 0.557. The lowest BCUT2D eigenvalue weighted by Gasteiger charge is -2.06. The van der Waals surface area contributed by atoms with Gasteiger partial charge in [0.15, 0.2) is 0 Å². The minimum absolute atomic E-state index is 0.578. The molecule has 0 spiro atoms. The van der Waals surface area contributed by atoms with Gasteiger partial charge in [-0.2, -0.15) is 0 Å². The summed E-state index contributed by atoms with van der Waals surface area (Å²) in [5.41, 5.74) is 2.93. The number of fused-ring (bicyclic) bond motifs is 1. The minimum Gasteiger partial charge on any atom is -0.465 e. The average Bonchev–Trinajstić information content (AvgIpc) is 3.15. The molecule has 0 aliphatic carbocycles. The summed E-state index contributed by atoms with van der Waals surface area (Å²) < 4.78 is 6.30. The van der Waals surface area contributed by atoms with Crippen LogP contribution >= 0.6 is 15.9 Å². The number of furan rings is 1. The van der Waals surface area contributed by atoms with Gasteiger partial charge in [0, 0.05) is 21.7 Å². The van der Waals surface area contributed by atoms with Gasteiger partial charge in [-0.3, -0.25) is 0 Å². The Labute approximate surface area is 153 Å². The number of nitrogens with one attached hydrogen (secondary N) is 1. The van der Waals surface area contributed by atoms with Crippen LogP contribution in [0.2, 0.25) is 0 Å². The summed E-state index contributed by atoms with van der Waals surface area (Å²) in [4.78, 5) is 8.90. The third kappa shape index (κ3) is 3.78. The second kappa shape index (κ2) is 6.91. The Hall–Kier alpha value is -2.92. The van der Waals surface area contributed by atoms with E-state index in [1.165, 1.54) is 0 Å². The molecule has 0 atom stereocenters. The fourth-order valence-electron chi connectivity index (χ4n) is 2.44. The molecule has 1 N–H and O–H groups in total. The Morgan fingerprint density at radius 3 is 2.68 bits per heavy atom. The molecule has 0 amide bonds. The van der Waals surface area contributed by atoms with Crippen LogP contribution < -0.4 is 5.32 Å². The fraction of sp³-hybridized carbons (Fsp3) is 0. The molecule has 25 heavy (non-hydrogen) atoms. The van der Waals surface area contributed by atoms with E-state index in [1.807, 2.05) is 72.9 Å². The molecule has 2 aromatic carbocycles. The van der Waals surface area contributed by atoms with Crippen molar-refractivity contribution in [3.63, 3.8) is 0 Å². The van der Waals surface area contributed by atoms with Crippen molar-refractivity contribution in [2.24, 2.45) is 0 Å². The zero-order valence-electron chi connectivity index (χ0n) is 13.2. The molecule has 0 aliphatic rings. The van der Waals surface area contributed by atoms with Crippen LogP contribution in [0, 0.1) is 0 Å². The fourth-order valence-corrected chi connectivity index (χ4v) is 2.81. The van der Waals surface area contributed by atoms with Crippen molar-refractivity contribution in [3.8, 4) is 0 Å². The van der Waals surface area contributed by atoms with Gasteiger partial charge in [-0.1, -0.05) is 34.1 Å². The van der Waals surface area contributed by atoms with E-state index < -0.39 is 0 Å². The third-order valence-corrected chi connectivity index (χ3v) is 4.19. The number of hydrogen-bond donors (Lipinski definition) is 1. The van der Waals surface area contributed by atoms with Crippen molar-refractivity contribution in [3.05, 3.63) is 82.9 Å². The van der Waals surface area contributed by atoms with E-state index in [0.29, 0.717) is 5.95 Å². The Morgan fingerprint density at radius 1 is 1.00 bits per heavy atom. The van der Waals surface area contributed by atoms with Crippen molar-refractivity contribution >= 4 is 50.6 Å². The number of halogens is 1. The second-order valence-corrected chi connectivity index (χ2v) is 6.41. The highest BCUT2D eigenvalue weighted by Crippen LogP contribution is 2.20. The molecule has 2 heterocycles. The average molecular weight is 392 g/mol. The standard InChI is InChI=1S/C20H14BrN3O/c21-16-6-10-19-15(12-16)13-22-20(24-19)23-17-7-3-14(4-8-17)5-9-18-2-1-11-25-18/h1-13H,(H,22,23,24)/b9-5+. The van der Waals surface area contributed by atoms with Gasteiger partial charge in [0.05, 0.1) is 11.8 Å². The maximum atomic E-state index is 5.28. The Morgan fingerprint density at radius 2 is 1.88 bits per heavy atom. The summed E-state index contributed by atoms with van der Waals surface area (Å²) in [6, 6.07) is 17.8. The van der Waals surface area contributed by atoms with Crippen LogP contribution in [0.5, 0.6) is 0 Å². The molecule has 0 aliphatic heterocycles. The number of benzene rings is 2. The van der Waals surface area contributed by atoms with E-state index in [2.05, 4.69) is 31.2 Å². The molecule has 0 radical (unpaired) electrons. The molecule has 0 saturated carbocycles. The predicted molar refractivity (Wildman–Crippen MR) is 105 cm³/mol. The zero-order chi connectivity index (χ0) is 17.1. The summed E-state index contributed by atoms with van der Waals surface area (Å²) in [7, 11) is 0. The Balaban J connectivity index is 1.50. The van der Waals surface area contributed by atoms with Gasteiger partial charge in [-0.05, 0) is 54.1 Å². The first-order valence-electron chi connectivity index (χ1n) is 7.77. The maximum Gasteiger partial charge on any atom is 0.227 e. The van der Waals surface area contributed by atoms with Gasteiger partial charge in [-0.15, -0.1) is 0 Å². The lowest BCUT2D eigenvalue weighted by Crippen LogP contribution is -1.96. The molecular weight excluding hydrogens is 378 g/mol. The first-order valence-corrected chi connectivity index (χ1v) is 8.56. The van der Waals surface area contributed by atoms with Crippen LogP contribution in [0.1, 0.15) is 11.3 Å². The van der Waals surface area contributed by atoms with Gasteiger partial charge >= 0.3 is 0 Å². The summed E-state index contributed by atoms with van der Waals surface area (Å²) in [5.74, 6) is 1.41. The molecule has 0 bridgehead atoms. The van der Waals surface area contributed by atoms with Crippen molar-refractivity contribution in [1.82, 2.24) is 9.97 Å².